The van der Waals surface area contributed by atoms with Crippen LogP contribution in [0.1, 0.15) is 11.5 Å². The molecule has 0 unspecified atom stereocenters. The van der Waals surface area contributed by atoms with Crippen molar-refractivity contribution >= 4 is 0 Å². The average molecular weight is 224 g/mol. The third-order valence-electron chi connectivity index (χ3n) is 1.52. The molecule has 0 aromatic carbocycles. The summed E-state index contributed by atoms with van der Waals surface area (Å²) in [5.41, 5.74) is 0.735. The second-order valence-corrected chi connectivity index (χ2v) is 2.91. The molecule has 1 N–H and O–H groups in total. The van der Waals surface area contributed by atoms with Crippen LogP contribution in [0.25, 0.3) is 0 Å². The lowest BCUT2D eigenvalue weighted by molar-refractivity contribution is -0.323. The van der Waals surface area contributed by atoms with Crippen LogP contribution in [-0.2, 0) is 11.3 Å². The Kier molecular flexibility index (Phi) is 4.10. The Hall–Kier alpha value is -1.08. The summed E-state index contributed by atoms with van der Waals surface area (Å²) in [6, 6.07) is 1.71. The fourth-order valence-corrected chi connectivity index (χ4v) is 0.950. The SMILES string of the molecule is Cc1cc(CNCCOC(F)(F)F)on1. The third-order valence-corrected chi connectivity index (χ3v) is 1.52. The van der Waals surface area contributed by atoms with E-state index in [1.807, 2.05) is 0 Å². The van der Waals surface area contributed by atoms with Gasteiger partial charge in [-0.2, -0.15) is 0 Å². The van der Waals surface area contributed by atoms with Crippen molar-refractivity contribution in [2.45, 2.75) is 19.8 Å². The minimum atomic E-state index is -4.56. The Morgan fingerprint density at radius 1 is 1.53 bits per heavy atom. The summed E-state index contributed by atoms with van der Waals surface area (Å²) in [7, 11) is 0. The highest BCUT2D eigenvalue weighted by molar-refractivity contribution is 5.02. The Morgan fingerprint density at radius 2 is 2.27 bits per heavy atom. The number of nitrogens with one attached hydrogen (secondary N) is 1. The number of alkyl halides is 3. The number of nitrogens with zero attached hydrogens (tertiary/aromatic N) is 1. The molecular weight excluding hydrogens is 213 g/mol. The summed E-state index contributed by atoms with van der Waals surface area (Å²) < 4.78 is 43.0. The Balaban J connectivity index is 2.07. The van der Waals surface area contributed by atoms with E-state index in [1.165, 1.54) is 0 Å². The van der Waals surface area contributed by atoms with Gasteiger partial charge >= 0.3 is 6.36 Å². The molecule has 0 aliphatic carbocycles. The molecule has 1 aromatic rings. The number of aryl methyl sites for hydroxylation is 1. The minimum absolute atomic E-state index is 0.0965. The van der Waals surface area contributed by atoms with E-state index in [2.05, 4.69) is 15.2 Å². The predicted molar refractivity (Wildman–Crippen MR) is 45.0 cm³/mol. The van der Waals surface area contributed by atoms with Gasteiger partial charge in [-0.15, -0.1) is 13.2 Å². The molecule has 1 heterocycles. The maximum Gasteiger partial charge on any atom is 0.522 e. The van der Waals surface area contributed by atoms with Crippen LogP contribution in [0.4, 0.5) is 13.2 Å². The number of halogens is 3. The molecule has 1 rings (SSSR count). The van der Waals surface area contributed by atoms with Crippen LogP contribution in [0.2, 0.25) is 0 Å². The van der Waals surface area contributed by atoms with Crippen molar-refractivity contribution in [2.24, 2.45) is 0 Å². The van der Waals surface area contributed by atoms with E-state index in [4.69, 9.17) is 4.52 Å². The van der Waals surface area contributed by atoms with Crippen molar-refractivity contribution in [3.63, 3.8) is 0 Å². The first-order chi connectivity index (χ1) is 6.97. The molecule has 15 heavy (non-hydrogen) atoms. The van der Waals surface area contributed by atoms with Crippen LogP contribution in [0.5, 0.6) is 0 Å². The molecule has 7 heteroatoms. The molecule has 0 amide bonds. The number of ether oxygens (including phenoxy) is 1. The van der Waals surface area contributed by atoms with Crippen LogP contribution < -0.4 is 5.32 Å². The monoisotopic (exact) mass is 224 g/mol. The first-order valence-corrected chi connectivity index (χ1v) is 4.31. The number of hydrogen-bond donors (Lipinski definition) is 1. The van der Waals surface area contributed by atoms with Gasteiger partial charge < -0.3 is 9.84 Å². The van der Waals surface area contributed by atoms with Gasteiger partial charge in [-0.3, -0.25) is 4.74 Å². The molecule has 0 radical (unpaired) electrons. The number of aromatic nitrogens is 1. The summed E-state index contributed by atoms with van der Waals surface area (Å²) in [4.78, 5) is 0. The van der Waals surface area contributed by atoms with Gasteiger partial charge in [-0.1, -0.05) is 5.16 Å². The molecule has 86 valence electrons. The summed E-state index contributed by atoms with van der Waals surface area (Å²) in [6.07, 6.45) is -4.56. The van der Waals surface area contributed by atoms with Crippen molar-refractivity contribution in [3.05, 3.63) is 17.5 Å². The Morgan fingerprint density at radius 3 is 2.80 bits per heavy atom. The lowest BCUT2D eigenvalue weighted by atomic mass is 10.4. The number of hydrogen-bond acceptors (Lipinski definition) is 4. The molecule has 0 spiro atoms. The zero-order valence-electron chi connectivity index (χ0n) is 8.10. The van der Waals surface area contributed by atoms with Gasteiger partial charge in [0, 0.05) is 12.6 Å². The molecule has 0 bridgehead atoms. The maximum atomic E-state index is 11.5. The van der Waals surface area contributed by atoms with E-state index in [-0.39, 0.29) is 6.54 Å². The highest BCUT2D eigenvalue weighted by Gasteiger charge is 2.28. The van der Waals surface area contributed by atoms with Crippen molar-refractivity contribution in [1.82, 2.24) is 10.5 Å². The normalized spacial score (nSPS) is 12.0. The highest BCUT2D eigenvalue weighted by Crippen LogP contribution is 2.15. The van der Waals surface area contributed by atoms with E-state index in [0.717, 1.165) is 5.69 Å². The first-order valence-electron chi connectivity index (χ1n) is 4.31. The smallest absolute Gasteiger partial charge is 0.360 e. The largest absolute Gasteiger partial charge is 0.522 e. The van der Waals surface area contributed by atoms with Gasteiger partial charge in [0.1, 0.15) is 0 Å². The zero-order chi connectivity index (χ0) is 11.3. The van der Waals surface area contributed by atoms with Crippen molar-refractivity contribution < 1.29 is 22.4 Å². The predicted octanol–water partition coefficient (Wildman–Crippen LogP) is 1.61. The molecule has 0 aliphatic rings. The third kappa shape index (κ3) is 5.38. The molecule has 0 aliphatic heterocycles. The summed E-state index contributed by atoms with van der Waals surface area (Å²) >= 11 is 0. The van der Waals surface area contributed by atoms with E-state index in [1.54, 1.807) is 13.0 Å². The van der Waals surface area contributed by atoms with Gasteiger partial charge in [0.15, 0.2) is 5.76 Å². The van der Waals surface area contributed by atoms with Crippen LogP contribution in [0.3, 0.4) is 0 Å². The van der Waals surface area contributed by atoms with Crippen molar-refractivity contribution in [1.29, 1.82) is 0 Å². The highest BCUT2D eigenvalue weighted by atomic mass is 19.4. The van der Waals surface area contributed by atoms with Gasteiger partial charge in [-0.05, 0) is 6.92 Å². The van der Waals surface area contributed by atoms with Crippen LogP contribution in [-0.4, -0.2) is 24.7 Å². The zero-order valence-corrected chi connectivity index (χ0v) is 8.10. The van der Waals surface area contributed by atoms with Gasteiger partial charge in [0.05, 0.1) is 18.8 Å². The van der Waals surface area contributed by atoms with E-state index in [0.29, 0.717) is 12.3 Å². The van der Waals surface area contributed by atoms with Gasteiger partial charge in [0.25, 0.3) is 0 Å². The fourth-order valence-electron chi connectivity index (χ4n) is 0.950. The number of rotatable bonds is 5. The molecule has 1 aromatic heterocycles. The molecule has 4 nitrogen and oxygen atoms in total. The quantitative estimate of drug-likeness (QED) is 0.772. The lowest BCUT2D eigenvalue weighted by Crippen LogP contribution is -2.23. The Bertz CT molecular complexity index is 298. The fraction of sp³-hybridized carbons (Fsp3) is 0.625. The summed E-state index contributed by atoms with van der Waals surface area (Å²) in [6.45, 7) is 1.78. The molecule has 0 fully saturated rings. The summed E-state index contributed by atoms with van der Waals surface area (Å²) in [5, 5.41) is 6.36. The van der Waals surface area contributed by atoms with Crippen LogP contribution >= 0.6 is 0 Å². The molecule has 0 atom stereocenters. The Labute approximate surface area is 84.4 Å². The maximum absolute atomic E-state index is 11.5. The average Bonchev–Trinajstić information content (AvgIpc) is 2.49. The standard InChI is InChI=1S/C8H11F3N2O2/c1-6-4-7(15-13-6)5-12-2-3-14-8(9,10)11/h4,12H,2-3,5H2,1H3. The molecular formula is C8H11F3N2O2. The first kappa shape index (κ1) is 12.0. The topological polar surface area (TPSA) is 47.3 Å². The second kappa shape index (κ2) is 5.13. The molecule has 0 saturated heterocycles. The van der Waals surface area contributed by atoms with E-state index >= 15 is 0 Å². The van der Waals surface area contributed by atoms with Crippen LogP contribution in [0.15, 0.2) is 10.6 Å². The minimum Gasteiger partial charge on any atom is -0.360 e. The van der Waals surface area contributed by atoms with E-state index in [9.17, 15) is 13.2 Å². The molecule has 0 saturated carbocycles. The van der Waals surface area contributed by atoms with Gasteiger partial charge in [0.2, 0.25) is 0 Å². The van der Waals surface area contributed by atoms with Gasteiger partial charge in [-0.25, -0.2) is 0 Å². The van der Waals surface area contributed by atoms with Crippen LogP contribution in [0, 0.1) is 6.92 Å². The summed E-state index contributed by atoms with van der Waals surface area (Å²) in [5.74, 6) is 0.583. The van der Waals surface area contributed by atoms with Crippen molar-refractivity contribution in [2.75, 3.05) is 13.2 Å². The van der Waals surface area contributed by atoms with Crippen molar-refractivity contribution in [3.8, 4) is 0 Å². The lowest BCUT2D eigenvalue weighted by Gasteiger charge is -2.06. The van der Waals surface area contributed by atoms with E-state index < -0.39 is 13.0 Å². The second-order valence-electron chi connectivity index (χ2n) is 2.91.